The number of nitrogens with one attached hydrogen (secondary N) is 1. The first-order chi connectivity index (χ1) is 16.2. The third kappa shape index (κ3) is 4.20. The lowest BCUT2D eigenvalue weighted by Crippen LogP contribution is -2.54. The number of nitrogens with zero attached hydrogens (tertiary/aromatic N) is 2. The standard InChI is InChI=1S/C27H31N3O3S/c1-6-12-29-22-15-23(33-5)18(13-20(22)17(2)16-27(29,3)4)14-21-24(31)28-26(34)30(25(21)32)19-10-8-7-9-11-19/h7-11,13-15,17H,6,12,16H2,1-5H3,(H,28,31,34)/b21-14-. The molecular formula is C27H31N3O3S. The molecule has 2 heterocycles. The molecule has 1 atom stereocenters. The number of benzene rings is 2. The third-order valence-electron chi connectivity index (χ3n) is 6.60. The normalized spacial score (nSPS) is 20.9. The number of carbonyl (C=O) groups excluding carboxylic acids is 2. The maximum absolute atomic E-state index is 13.4. The van der Waals surface area contributed by atoms with E-state index < -0.39 is 11.8 Å². The lowest BCUT2D eigenvalue weighted by Gasteiger charge is -2.48. The van der Waals surface area contributed by atoms with Crippen LogP contribution in [0.1, 0.15) is 57.6 Å². The molecule has 2 aromatic rings. The Labute approximate surface area is 206 Å². The molecule has 1 saturated heterocycles. The van der Waals surface area contributed by atoms with Crippen LogP contribution in [0.25, 0.3) is 6.08 Å². The van der Waals surface area contributed by atoms with E-state index in [-0.39, 0.29) is 16.2 Å². The number of para-hydroxylation sites is 1. The van der Waals surface area contributed by atoms with Crippen LogP contribution in [0, 0.1) is 0 Å². The Morgan fingerprint density at radius 1 is 1.21 bits per heavy atom. The topological polar surface area (TPSA) is 61.9 Å². The van der Waals surface area contributed by atoms with Crippen molar-refractivity contribution in [3.63, 3.8) is 0 Å². The number of rotatable bonds is 5. The van der Waals surface area contributed by atoms with Gasteiger partial charge in [0.2, 0.25) is 0 Å². The summed E-state index contributed by atoms with van der Waals surface area (Å²) in [6, 6.07) is 13.2. The molecule has 178 valence electrons. The van der Waals surface area contributed by atoms with Gasteiger partial charge in [0.15, 0.2) is 5.11 Å². The molecule has 0 radical (unpaired) electrons. The molecule has 0 aromatic heterocycles. The van der Waals surface area contributed by atoms with Crippen molar-refractivity contribution in [1.82, 2.24) is 5.32 Å². The average Bonchev–Trinajstić information content (AvgIpc) is 2.79. The van der Waals surface area contributed by atoms with E-state index in [1.807, 2.05) is 24.3 Å². The molecule has 6 nitrogen and oxygen atoms in total. The van der Waals surface area contributed by atoms with Gasteiger partial charge in [0.1, 0.15) is 11.3 Å². The highest BCUT2D eigenvalue weighted by atomic mass is 32.1. The molecule has 1 unspecified atom stereocenters. The smallest absolute Gasteiger partial charge is 0.270 e. The predicted molar refractivity (Wildman–Crippen MR) is 140 cm³/mol. The van der Waals surface area contributed by atoms with Gasteiger partial charge in [0.05, 0.1) is 12.8 Å². The summed E-state index contributed by atoms with van der Waals surface area (Å²) in [4.78, 5) is 30.0. The van der Waals surface area contributed by atoms with Gasteiger partial charge in [-0.3, -0.25) is 19.8 Å². The number of amides is 2. The molecule has 1 N–H and O–H groups in total. The fourth-order valence-corrected chi connectivity index (χ4v) is 5.37. The van der Waals surface area contributed by atoms with Gasteiger partial charge in [-0.1, -0.05) is 32.0 Å². The molecule has 2 aromatic carbocycles. The first kappa shape index (κ1) is 24.0. The van der Waals surface area contributed by atoms with Crippen molar-refractivity contribution < 1.29 is 14.3 Å². The number of hydrogen-bond acceptors (Lipinski definition) is 5. The van der Waals surface area contributed by atoms with Crippen molar-refractivity contribution >= 4 is 46.6 Å². The molecule has 2 aliphatic rings. The van der Waals surface area contributed by atoms with E-state index in [4.69, 9.17) is 17.0 Å². The average molecular weight is 478 g/mol. The van der Waals surface area contributed by atoms with Gasteiger partial charge >= 0.3 is 0 Å². The van der Waals surface area contributed by atoms with Gasteiger partial charge in [-0.25, -0.2) is 0 Å². The van der Waals surface area contributed by atoms with Crippen molar-refractivity contribution in [1.29, 1.82) is 0 Å². The molecule has 0 saturated carbocycles. The maximum Gasteiger partial charge on any atom is 0.270 e. The Morgan fingerprint density at radius 2 is 1.91 bits per heavy atom. The van der Waals surface area contributed by atoms with Crippen molar-refractivity contribution in [2.75, 3.05) is 23.5 Å². The van der Waals surface area contributed by atoms with Crippen LogP contribution in [0.2, 0.25) is 0 Å². The third-order valence-corrected chi connectivity index (χ3v) is 6.88. The highest BCUT2D eigenvalue weighted by molar-refractivity contribution is 7.80. The zero-order valence-electron chi connectivity index (χ0n) is 20.3. The first-order valence-electron chi connectivity index (χ1n) is 11.6. The highest BCUT2D eigenvalue weighted by Gasteiger charge is 2.38. The Hall–Kier alpha value is -3.19. The van der Waals surface area contributed by atoms with Crippen molar-refractivity contribution in [2.45, 2.75) is 52.0 Å². The van der Waals surface area contributed by atoms with E-state index in [0.717, 1.165) is 25.1 Å². The summed E-state index contributed by atoms with van der Waals surface area (Å²) >= 11 is 5.30. The van der Waals surface area contributed by atoms with Gasteiger partial charge in [0, 0.05) is 29.4 Å². The van der Waals surface area contributed by atoms with Crippen molar-refractivity contribution in [3.05, 3.63) is 59.2 Å². The lowest BCUT2D eigenvalue weighted by molar-refractivity contribution is -0.122. The van der Waals surface area contributed by atoms with Gasteiger partial charge in [-0.2, -0.15) is 0 Å². The van der Waals surface area contributed by atoms with E-state index in [1.54, 1.807) is 25.3 Å². The fourth-order valence-electron chi connectivity index (χ4n) is 5.09. The fraction of sp³-hybridized carbons (Fsp3) is 0.370. The van der Waals surface area contributed by atoms with Gasteiger partial charge in [-0.15, -0.1) is 0 Å². The summed E-state index contributed by atoms with van der Waals surface area (Å²) in [6.45, 7) is 9.90. The molecule has 2 aliphatic heterocycles. The van der Waals surface area contributed by atoms with Crippen LogP contribution in [-0.4, -0.2) is 36.1 Å². The van der Waals surface area contributed by atoms with Crippen LogP contribution in [0.5, 0.6) is 5.75 Å². The Bertz CT molecular complexity index is 1170. The molecule has 7 heteroatoms. The van der Waals surface area contributed by atoms with Crippen molar-refractivity contribution in [2.24, 2.45) is 0 Å². The SMILES string of the molecule is CCCN1c2cc(OC)c(/C=C3/C(=O)NC(=S)N(c4ccccc4)C3=O)cc2C(C)CC1(C)C. The number of anilines is 2. The van der Waals surface area contributed by atoms with E-state index >= 15 is 0 Å². The van der Waals surface area contributed by atoms with Gasteiger partial charge in [-0.05, 0) is 74.7 Å². The second-order valence-electron chi connectivity index (χ2n) is 9.52. The molecule has 1 fully saturated rings. The van der Waals surface area contributed by atoms with Crippen LogP contribution >= 0.6 is 12.2 Å². The second-order valence-corrected chi connectivity index (χ2v) is 9.90. The Morgan fingerprint density at radius 3 is 2.56 bits per heavy atom. The quantitative estimate of drug-likeness (QED) is 0.372. The van der Waals surface area contributed by atoms with E-state index in [2.05, 4.69) is 44.0 Å². The Balaban J connectivity index is 1.81. The second kappa shape index (κ2) is 9.22. The predicted octanol–water partition coefficient (Wildman–Crippen LogP) is 5.03. The summed E-state index contributed by atoms with van der Waals surface area (Å²) < 4.78 is 5.73. The summed E-state index contributed by atoms with van der Waals surface area (Å²) in [7, 11) is 1.61. The zero-order valence-corrected chi connectivity index (χ0v) is 21.2. The van der Waals surface area contributed by atoms with E-state index in [0.29, 0.717) is 22.9 Å². The van der Waals surface area contributed by atoms with Gasteiger partial charge < -0.3 is 9.64 Å². The first-order valence-corrected chi connectivity index (χ1v) is 12.0. The van der Waals surface area contributed by atoms with Crippen LogP contribution < -0.4 is 19.9 Å². The van der Waals surface area contributed by atoms with Crippen LogP contribution in [0.15, 0.2) is 48.0 Å². The minimum atomic E-state index is -0.510. The van der Waals surface area contributed by atoms with Crippen molar-refractivity contribution in [3.8, 4) is 5.75 Å². The van der Waals surface area contributed by atoms with Crippen LogP contribution in [-0.2, 0) is 9.59 Å². The Kier molecular flexibility index (Phi) is 6.49. The minimum absolute atomic E-state index is 0.0184. The summed E-state index contributed by atoms with van der Waals surface area (Å²) in [6.07, 6.45) is 3.66. The molecule has 0 spiro atoms. The molecule has 0 bridgehead atoms. The molecule has 4 rings (SSSR count). The molecule has 34 heavy (non-hydrogen) atoms. The maximum atomic E-state index is 13.4. The molecule has 0 aliphatic carbocycles. The number of hydrogen-bond donors (Lipinski definition) is 1. The van der Waals surface area contributed by atoms with Gasteiger partial charge in [0.25, 0.3) is 11.8 Å². The number of methoxy groups -OCH3 is 1. The summed E-state index contributed by atoms with van der Waals surface area (Å²) in [5.41, 5.74) is 3.69. The molecular weight excluding hydrogens is 446 g/mol. The summed E-state index contributed by atoms with van der Waals surface area (Å²) in [5.74, 6) is -0.0204. The van der Waals surface area contributed by atoms with Crippen LogP contribution in [0.4, 0.5) is 11.4 Å². The number of ether oxygens (including phenoxy) is 1. The molecule has 2 amide bonds. The number of carbonyl (C=O) groups is 2. The number of fused-ring (bicyclic) bond motifs is 1. The van der Waals surface area contributed by atoms with E-state index in [9.17, 15) is 9.59 Å². The number of thiocarbonyl (C=S) groups is 1. The highest BCUT2D eigenvalue weighted by Crippen LogP contribution is 2.46. The monoisotopic (exact) mass is 477 g/mol. The zero-order chi connectivity index (χ0) is 24.6. The summed E-state index contributed by atoms with van der Waals surface area (Å²) in [5, 5.41) is 2.72. The van der Waals surface area contributed by atoms with Crippen LogP contribution in [0.3, 0.4) is 0 Å². The lowest BCUT2D eigenvalue weighted by atomic mass is 9.79. The largest absolute Gasteiger partial charge is 0.496 e. The van der Waals surface area contributed by atoms with E-state index in [1.165, 1.54) is 10.5 Å². The minimum Gasteiger partial charge on any atom is -0.496 e.